The number of methoxy groups -OCH3 is 1. The van der Waals surface area contributed by atoms with Crippen LogP contribution in [0.4, 0.5) is 5.69 Å². The van der Waals surface area contributed by atoms with Crippen molar-refractivity contribution in [1.82, 2.24) is 5.32 Å². The van der Waals surface area contributed by atoms with Crippen molar-refractivity contribution in [3.8, 4) is 5.75 Å². The molecular formula is C12H18N2O3. The predicted octanol–water partition coefficient (Wildman–Crippen LogP) is 0.799. The van der Waals surface area contributed by atoms with E-state index in [4.69, 9.17) is 15.2 Å². The minimum Gasteiger partial charge on any atom is -0.492 e. The highest BCUT2D eigenvalue weighted by Gasteiger charge is 2.09. The first-order valence-corrected chi connectivity index (χ1v) is 5.42. The molecule has 1 atom stereocenters. The van der Waals surface area contributed by atoms with E-state index in [0.29, 0.717) is 24.6 Å². The topological polar surface area (TPSA) is 73.6 Å². The largest absolute Gasteiger partial charge is 0.492 e. The highest BCUT2D eigenvalue weighted by atomic mass is 16.5. The third-order valence-electron chi connectivity index (χ3n) is 2.25. The number of nitrogen functional groups attached to an aromatic ring is 1. The van der Waals surface area contributed by atoms with Crippen LogP contribution in [0.15, 0.2) is 24.3 Å². The van der Waals surface area contributed by atoms with Crippen molar-refractivity contribution in [2.75, 3.05) is 26.0 Å². The van der Waals surface area contributed by atoms with Crippen molar-refractivity contribution in [3.05, 3.63) is 24.3 Å². The predicted molar refractivity (Wildman–Crippen MR) is 65.8 cm³/mol. The first-order chi connectivity index (χ1) is 8.13. The van der Waals surface area contributed by atoms with E-state index < -0.39 is 6.10 Å². The van der Waals surface area contributed by atoms with Gasteiger partial charge in [-0.1, -0.05) is 6.07 Å². The summed E-state index contributed by atoms with van der Waals surface area (Å²) in [7, 11) is 1.49. The fourth-order valence-corrected chi connectivity index (χ4v) is 1.20. The smallest absolute Gasteiger partial charge is 0.248 e. The maximum atomic E-state index is 11.3. The van der Waals surface area contributed by atoms with Gasteiger partial charge < -0.3 is 20.5 Å². The lowest BCUT2D eigenvalue weighted by Gasteiger charge is -2.11. The van der Waals surface area contributed by atoms with Crippen molar-refractivity contribution in [2.45, 2.75) is 13.0 Å². The van der Waals surface area contributed by atoms with Gasteiger partial charge in [0.15, 0.2) is 0 Å². The number of carbonyl (C=O) groups excluding carboxylic acids is 1. The first-order valence-electron chi connectivity index (χ1n) is 5.42. The van der Waals surface area contributed by atoms with Crippen LogP contribution in [0.5, 0.6) is 5.75 Å². The maximum Gasteiger partial charge on any atom is 0.248 e. The number of hydrogen-bond acceptors (Lipinski definition) is 4. The van der Waals surface area contributed by atoms with Gasteiger partial charge in [-0.3, -0.25) is 4.79 Å². The quantitative estimate of drug-likeness (QED) is 0.568. The molecule has 1 rings (SSSR count). The Morgan fingerprint density at radius 2 is 2.29 bits per heavy atom. The fourth-order valence-electron chi connectivity index (χ4n) is 1.20. The van der Waals surface area contributed by atoms with Crippen LogP contribution < -0.4 is 15.8 Å². The van der Waals surface area contributed by atoms with Crippen LogP contribution >= 0.6 is 0 Å². The van der Waals surface area contributed by atoms with Gasteiger partial charge >= 0.3 is 0 Å². The van der Waals surface area contributed by atoms with Gasteiger partial charge in [-0.05, 0) is 19.1 Å². The summed E-state index contributed by atoms with van der Waals surface area (Å²) in [5.41, 5.74) is 6.25. The number of anilines is 1. The first kappa shape index (κ1) is 13.3. The van der Waals surface area contributed by atoms with E-state index in [1.807, 2.05) is 12.1 Å². The molecule has 94 valence electrons. The molecule has 3 N–H and O–H groups in total. The van der Waals surface area contributed by atoms with E-state index in [9.17, 15) is 4.79 Å². The van der Waals surface area contributed by atoms with Gasteiger partial charge in [0.2, 0.25) is 5.91 Å². The van der Waals surface area contributed by atoms with E-state index >= 15 is 0 Å². The summed E-state index contributed by atoms with van der Waals surface area (Å²) in [6.45, 7) is 2.51. The third-order valence-corrected chi connectivity index (χ3v) is 2.25. The number of rotatable bonds is 6. The van der Waals surface area contributed by atoms with E-state index in [1.165, 1.54) is 7.11 Å². The summed E-state index contributed by atoms with van der Waals surface area (Å²) in [6, 6.07) is 7.15. The van der Waals surface area contributed by atoms with Crippen LogP contribution in [0.25, 0.3) is 0 Å². The molecule has 0 saturated heterocycles. The van der Waals surface area contributed by atoms with E-state index in [-0.39, 0.29) is 5.91 Å². The second kappa shape index (κ2) is 6.75. The van der Waals surface area contributed by atoms with Gasteiger partial charge in [0.05, 0.1) is 6.54 Å². The summed E-state index contributed by atoms with van der Waals surface area (Å²) in [4.78, 5) is 11.3. The number of hydrogen-bond donors (Lipinski definition) is 2. The summed E-state index contributed by atoms with van der Waals surface area (Å²) >= 11 is 0. The minimum atomic E-state index is -0.442. The number of benzene rings is 1. The molecule has 0 aliphatic heterocycles. The number of carbonyl (C=O) groups is 1. The van der Waals surface area contributed by atoms with Crippen molar-refractivity contribution < 1.29 is 14.3 Å². The van der Waals surface area contributed by atoms with Crippen LogP contribution in [0.3, 0.4) is 0 Å². The van der Waals surface area contributed by atoms with Crippen LogP contribution in [-0.2, 0) is 9.53 Å². The molecule has 0 fully saturated rings. The standard InChI is InChI=1S/C12H18N2O3/c1-9(16-2)12(15)14-6-7-17-11-5-3-4-10(13)8-11/h3-5,8-9H,6-7,13H2,1-2H3,(H,14,15). The molecule has 1 aromatic rings. The second-order valence-electron chi connectivity index (χ2n) is 3.59. The van der Waals surface area contributed by atoms with Crippen LogP contribution in [-0.4, -0.2) is 32.3 Å². The Hall–Kier alpha value is -1.75. The van der Waals surface area contributed by atoms with Crippen LogP contribution in [0, 0.1) is 0 Å². The maximum absolute atomic E-state index is 11.3. The lowest BCUT2D eigenvalue weighted by atomic mass is 10.3. The molecule has 1 aromatic carbocycles. The molecule has 1 amide bonds. The average molecular weight is 238 g/mol. The Bertz CT molecular complexity index is 369. The third kappa shape index (κ3) is 4.74. The highest BCUT2D eigenvalue weighted by molar-refractivity contribution is 5.80. The lowest BCUT2D eigenvalue weighted by molar-refractivity contribution is -0.130. The number of amides is 1. The van der Waals surface area contributed by atoms with Crippen molar-refractivity contribution >= 4 is 11.6 Å². The average Bonchev–Trinajstić information content (AvgIpc) is 2.33. The normalized spacial score (nSPS) is 11.9. The Morgan fingerprint density at radius 1 is 1.53 bits per heavy atom. The minimum absolute atomic E-state index is 0.149. The monoisotopic (exact) mass is 238 g/mol. The molecule has 0 aromatic heterocycles. The summed E-state index contributed by atoms with van der Waals surface area (Å²) < 4.78 is 10.3. The summed E-state index contributed by atoms with van der Waals surface area (Å²) in [5.74, 6) is 0.544. The molecular weight excluding hydrogens is 220 g/mol. The molecule has 17 heavy (non-hydrogen) atoms. The van der Waals surface area contributed by atoms with Gasteiger partial charge in [-0.2, -0.15) is 0 Å². The Labute approximate surface area is 101 Å². The molecule has 0 saturated carbocycles. The van der Waals surface area contributed by atoms with Gasteiger partial charge in [0.1, 0.15) is 18.5 Å². The molecule has 0 heterocycles. The fraction of sp³-hybridized carbons (Fsp3) is 0.417. The number of nitrogens with two attached hydrogens (primary N) is 1. The summed E-state index contributed by atoms with van der Waals surface area (Å²) in [6.07, 6.45) is -0.442. The molecule has 0 aliphatic rings. The SMILES string of the molecule is COC(C)C(=O)NCCOc1cccc(N)c1. The van der Waals surface area contributed by atoms with Gasteiger partial charge in [-0.15, -0.1) is 0 Å². The van der Waals surface area contributed by atoms with Crippen molar-refractivity contribution in [2.24, 2.45) is 0 Å². The second-order valence-corrected chi connectivity index (χ2v) is 3.59. The summed E-state index contributed by atoms with van der Waals surface area (Å²) in [5, 5.41) is 2.70. The van der Waals surface area contributed by atoms with Crippen molar-refractivity contribution in [1.29, 1.82) is 0 Å². The molecule has 0 radical (unpaired) electrons. The molecule has 0 aliphatic carbocycles. The zero-order valence-electron chi connectivity index (χ0n) is 10.1. The number of ether oxygens (including phenoxy) is 2. The van der Waals surface area contributed by atoms with Crippen molar-refractivity contribution in [3.63, 3.8) is 0 Å². The molecule has 5 nitrogen and oxygen atoms in total. The van der Waals surface area contributed by atoms with E-state index in [2.05, 4.69) is 5.32 Å². The van der Waals surface area contributed by atoms with Crippen LogP contribution in [0.2, 0.25) is 0 Å². The zero-order chi connectivity index (χ0) is 12.7. The Morgan fingerprint density at radius 3 is 2.94 bits per heavy atom. The molecule has 5 heteroatoms. The molecule has 0 bridgehead atoms. The van der Waals surface area contributed by atoms with E-state index in [0.717, 1.165) is 0 Å². The van der Waals surface area contributed by atoms with Gasteiger partial charge in [0, 0.05) is 18.9 Å². The van der Waals surface area contributed by atoms with Gasteiger partial charge in [-0.25, -0.2) is 0 Å². The Kier molecular flexibility index (Phi) is 5.29. The molecule has 1 unspecified atom stereocenters. The molecule has 0 spiro atoms. The Balaban J connectivity index is 2.22. The van der Waals surface area contributed by atoms with E-state index in [1.54, 1.807) is 19.1 Å². The zero-order valence-corrected chi connectivity index (χ0v) is 10.1. The number of nitrogens with one attached hydrogen (secondary N) is 1. The lowest BCUT2D eigenvalue weighted by Crippen LogP contribution is -2.36. The van der Waals surface area contributed by atoms with Gasteiger partial charge in [0.25, 0.3) is 0 Å². The highest BCUT2D eigenvalue weighted by Crippen LogP contribution is 2.13. The van der Waals surface area contributed by atoms with Crippen LogP contribution in [0.1, 0.15) is 6.92 Å².